The highest BCUT2D eigenvalue weighted by Crippen LogP contribution is 2.24. The summed E-state index contributed by atoms with van der Waals surface area (Å²) in [6, 6.07) is 15.4. The number of primary amides is 1. The maximum Gasteiger partial charge on any atom is 0.248 e. The van der Waals surface area contributed by atoms with Crippen LogP contribution >= 0.6 is 0 Å². The van der Waals surface area contributed by atoms with Crippen LogP contribution < -0.4 is 15.8 Å². The fourth-order valence-electron chi connectivity index (χ4n) is 2.22. The Balaban J connectivity index is 2.18. The Labute approximate surface area is 124 Å². The molecule has 0 radical (unpaired) electrons. The summed E-state index contributed by atoms with van der Waals surface area (Å²) < 4.78 is 5.17. The molecule has 1 atom stereocenters. The summed E-state index contributed by atoms with van der Waals surface area (Å²) >= 11 is 0. The second kappa shape index (κ2) is 6.79. The molecule has 0 aliphatic carbocycles. The quantitative estimate of drug-likeness (QED) is 0.855. The number of amides is 1. The summed E-state index contributed by atoms with van der Waals surface area (Å²) in [7, 11) is 1.65. The lowest BCUT2D eigenvalue weighted by atomic mass is 10.0. The summed E-state index contributed by atoms with van der Waals surface area (Å²) in [6.45, 7) is 2.11. The van der Waals surface area contributed by atoms with Gasteiger partial charge in [-0.3, -0.25) is 4.79 Å². The summed E-state index contributed by atoms with van der Waals surface area (Å²) in [5.41, 5.74) is 7.87. The average Bonchev–Trinajstić information content (AvgIpc) is 2.53. The monoisotopic (exact) mass is 284 g/mol. The largest absolute Gasteiger partial charge is 0.497 e. The Kier molecular flexibility index (Phi) is 4.82. The molecule has 0 saturated heterocycles. The van der Waals surface area contributed by atoms with Gasteiger partial charge < -0.3 is 15.8 Å². The van der Waals surface area contributed by atoms with Crippen LogP contribution in [-0.2, 0) is 0 Å². The van der Waals surface area contributed by atoms with Gasteiger partial charge >= 0.3 is 0 Å². The van der Waals surface area contributed by atoms with E-state index in [1.54, 1.807) is 19.2 Å². The number of rotatable bonds is 6. The van der Waals surface area contributed by atoms with Crippen LogP contribution in [0.25, 0.3) is 0 Å². The van der Waals surface area contributed by atoms with Gasteiger partial charge in [-0.2, -0.15) is 0 Å². The Bertz CT molecular complexity index is 608. The number of ether oxygens (including phenoxy) is 1. The number of carbonyl (C=O) groups excluding carboxylic acids is 1. The fraction of sp³-hybridized carbons (Fsp3) is 0.235. The van der Waals surface area contributed by atoms with Crippen molar-refractivity contribution < 1.29 is 9.53 Å². The first-order chi connectivity index (χ1) is 10.1. The minimum Gasteiger partial charge on any atom is -0.497 e. The van der Waals surface area contributed by atoms with Gasteiger partial charge in [0.05, 0.1) is 13.2 Å². The third-order valence-corrected chi connectivity index (χ3v) is 3.41. The molecule has 0 aromatic heterocycles. The molecule has 2 rings (SSSR count). The van der Waals surface area contributed by atoms with Gasteiger partial charge in [0.1, 0.15) is 5.75 Å². The van der Waals surface area contributed by atoms with Crippen LogP contribution in [0, 0.1) is 0 Å². The predicted octanol–water partition coefficient (Wildman–Crippen LogP) is 3.36. The van der Waals surface area contributed by atoms with Crippen molar-refractivity contribution in [2.24, 2.45) is 5.73 Å². The average molecular weight is 284 g/mol. The SMILES string of the molecule is CCC(Nc1cccc(C(N)=O)c1)c1ccc(OC)cc1. The van der Waals surface area contributed by atoms with Gasteiger partial charge in [0.25, 0.3) is 0 Å². The number of methoxy groups -OCH3 is 1. The molecule has 1 unspecified atom stereocenters. The van der Waals surface area contributed by atoms with Crippen LogP contribution in [-0.4, -0.2) is 13.0 Å². The van der Waals surface area contributed by atoms with E-state index in [-0.39, 0.29) is 6.04 Å². The number of benzene rings is 2. The first-order valence-electron chi connectivity index (χ1n) is 6.94. The normalized spacial score (nSPS) is 11.7. The smallest absolute Gasteiger partial charge is 0.248 e. The summed E-state index contributed by atoms with van der Waals surface area (Å²) in [4.78, 5) is 11.2. The van der Waals surface area contributed by atoms with Crippen molar-refractivity contribution in [3.8, 4) is 5.75 Å². The van der Waals surface area contributed by atoms with Crippen molar-refractivity contribution in [1.29, 1.82) is 0 Å². The number of hydrogen-bond acceptors (Lipinski definition) is 3. The number of nitrogens with two attached hydrogens (primary N) is 1. The summed E-state index contributed by atoms with van der Waals surface area (Å²) in [6.07, 6.45) is 0.924. The molecule has 4 heteroatoms. The molecule has 1 amide bonds. The molecule has 21 heavy (non-hydrogen) atoms. The molecule has 0 heterocycles. The van der Waals surface area contributed by atoms with Gasteiger partial charge in [-0.1, -0.05) is 25.1 Å². The molecule has 0 spiro atoms. The van der Waals surface area contributed by atoms with E-state index in [1.807, 2.05) is 36.4 Å². The van der Waals surface area contributed by atoms with E-state index in [4.69, 9.17) is 10.5 Å². The Morgan fingerprint density at radius 3 is 2.52 bits per heavy atom. The molecule has 0 aliphatic heterocycles. The number of nitrogens with one attached hydrogen (secondary N) is 1. The van der Waals surface area contributed by atoms with Crippen LogP contribution in [0.15, 0.2) is 48.5 Å². The van der Waals surface area contributed by atoms with Crippen LogP contribution in [0.2, 0.25) is 0 Å². The topological polar surface area (TPSA) is 64.3 Å². The number of hydrogen-bond donors (Lipinski definition) is 2. The molecule has 0 fully saturated rings. The fourth-order valence-corrected chi connectivity index (χ4v) is 2.22. The molecule has 2 aromatic rings. The molecule has 2 aromatic carbocycles. The van der Waals surface area contributed by atoms with Crippen LogP contribution in [0.4, 0.5) is 5.69 Å². The van der Waals surface area contributed by atoms with E-state index in [2.05, 4.69) is 12.2 Å². The zero-order valence-electron chi connectivity index (χ0n) is 12.3. The van der Waals surface area contributed by atoms with Gasteiger partial charge in [0.2, 0.25) is 5.91 Å². The molecule has 4 nitrogen and oxygen atoms in total. The third-order valence-electron chi connectivity index (χ3n) is 3.41. The molecule has 0 bridgehead atoms. The second-order valence-electron chi connectivity index (χ2n) is 4.82. The van der Waals surface area contributed by atoms with E-state index < -0.39 is 5.91 Å². The zero-order valence-corrected chi connectivity index (χ0v) is 12.3. The Hall–Kier alpha value is -2.49. The van der Waals surface area contributed by atoms with Crippen LogP contribution in [0.5, 0.6) is 5.75 Å². The van der Waals surface area contributed by atoms with Crippen molar-refractivity contribution in [3.63, 3.8) is 0 Å². The lowest BCUT2D eigenvalue weighted by Gasteiger charge is -2.19. The van der Waals surface area contributed by atoms with Crippen LogP contribution in [0.1, 0.15) is 35.3 Å². The molecule has 3 N–H and O–H groups in total. The Morgan fingerprint density at radius 2 is 1.95 bits per heavy atom. The van der Waals surface area contributed by atoms with Crippen molar-refractivity contribution in [3.05, 3.63) is 59.7 Å². The highest BCUT2D eigenvalue weighted by Gasteiger charge is 2.10. The van der Waals surface area contributed by atoms with E-state index in [9.17, 15) is 4.79 Å². The molecule has 110 valence electrons. The highest BCUT2D eigenvalue weighted by molar-refractivity contribution is 5.93. The predicted molar refractivity (Wildman–Crippen MR) is 84.6 cm³/mol. The Morgan fingerprint density at radius 1 is 1.24 bits per heavy atom. The first kappa shape index (κ1) is 14.9. The van der Waals surface area contributed by atoms with E-state index in [0.29, 0.717) is 5.56 Å². The molecule has 0 aliphatic rings. The third kappa shape index (κ3) is 3.75. The van der Waals surface area contributed by atoms with Gasteiger partial charge in [0, 0.05) is 11.3 Å². The first-order valence-corrected chi connectivity index (χ1v) is 6.94. The van der Waals surface area contributed by atoms with Crippen LogP contribution in [0.3, 0.4) is 0 Å². The van der Waals surface area contributed by atoms with Crippen molar-refractivity contribution in [1.82, 2.24) is 0 Å². The molecule has 0 saturated carbocycles. The van der Waals surface area contributed by atoms with E-state index in [1.165, 1.54) is 5.56 Å². The van der Waals surface area contributed by atoms with Crippen molar-refractivity contribution in [2.75, 3.05) is 12.4 Å². The van der Waals surface area contributed by atoms with Gasteiger partial charge in [-0.25, -0.2) is 0 Å². The van der Waals surface area contributed by atoms with E-state index in [0.717, 1.165) is 17.9 Å². The lowest BCUT2D eigenvalue weighted by molar-refractivity contribution is 0.100. The zero-order chi connectivity index (χ0) is 15.2. The van der Waals surface area contributed by atoms with Crippen molar-refractivity contribution in [2.45, 2.75) is 19.4 Å². The minimum absolute atomic E-state index is 0.166. The van der Waals surface area contributed by atoms with Gasteiger partial charge in [-0.05, 0) is 42.3 Å². The number of anilines is 1. The molecular formula is C17H20N2O2. The second-order valence-corrected chi connectivity index (χ2v) is 4.82. The minimum atomic E-state index is -0.420. The standard InChI is InChI=1S/C17H20N2O2/c1-3-16(12-7-9-15(21-2)10-8-12)19-14-6-4-5-13(11-14)17(18)20/h4-11,16,19H,3H2,1-2H3,(H2,18,20). The lowest BCUT2D eigenvalue weighted by Crippen LogP contribution is -2.13. The van der Waals surface area contributed by atoms with E-state index >= 15 is 0 Å². The van der Waals surface area contributed by atoms with Crippen molar-refractivity contribution >= 4 is 11.6 Å². The molecular weight excluding hydrogens is 264 g/mol. The van der Waals surface area contributed by atoms with Gasteiger partial charge in [-0.15, -0.1) is 0 Å². The summed E-state index contributed by atoms with van der Waals surface area (Å²) in [5, 5.41) is 3.43. The highest BCUT2D eigenvalue weighted by atomic mass is 16.5. The summed E-state index contributed by atoms with van der Waals surface area (Å²) in [5.74, 6) is 0.417. The van der Waals surface area contributed by atoms with Gasteiger partial charge in [0.15, 0.2) is 0 Å². The maximum absolute atomic E-state index is 11.2. The maximum atomic E-state index is 11.2. The number of carbonyl (C=O) groups is 1.